The Morgan fingerprint density at radius 1 is 1.32 bits per heavy atom. The van der Waals surface area contributed by atoms with Crippen LogP contribution in [0, 0.1) is 5.41 Å². The van der Waals surface area contributed by atoms with E-state index >= 15 is 0 Å². The zero-order valence-electron chi connectivity index (χ0n) is 15.0. The second-order valence-electron chi connectivity index (χ2n) is 7.45. The van der Waals surface area contributed by atoms with Crippen LogP contribution in [0.15, 0.2) is 24.8 Å². The van der Waals surface area contributed by atoms with Gasteiger partial charge < -0.3 is 9.33 Å². The highest BCUT2D eigenvalue weighted by molar-refractivity contribution is 6.48. The number of hydrogen-bond acceptors (Lipinski definition) is 2. The molecule has 0 saturated heterocycles. The SMILES string of the molecule is C=C1CCN(CC)c2c1cccc2C(O[Si](C)C)C(C)(C)C. The molecular formula is C19H30NOSi. The van der Waals surface area contributed by atoms with E-state index in [1.54, 1.807) is 0 Å². The largest absolute Gasteiger partial charge is 0.410 e. The average Bonchev–Trinajstić information content (AvgIpc) is 2.44. The monoisotopic (exact) mass is 316 g/mol. The maximum absolute atomic E-state index is 6.44. The molecule has 1 aliphatic heterocycles. The fourth-order valence-electron chi connectivity index (χ4n) is 3.19. The van der Waals surface area contributed by atoms with Crippen LogP contribution >= 0.6 is 0 Å². The first-order chi connectivity index (χ1) is 10.3. The summed E-state index contributed by atoms with van der Waals surface area (Å²) in [4.78, 5) is 2.49. The molecule has 0 fully saturated rings. The molecule has 2 nitrogen and oxygen atoms in total. The predicted octanol–water partition coefficient (Wildman–Crippen LogP) is 5.28. The summed E-state index contributed by atoms with van der Waals surface area (Å²) in [5, 5.41) is 0. The van der Waals surface area contributed by atoms with Crippen LogP contribution in [0.4, 0.5) is 5.69 Å². The second kappa shape index (κ2) is 6.59. The van der Waals surface area contributed by atoms with E-state index in [1.165, 1.54) is 22.4 Å². The first kappa shape index (κ1) is 17.3. The van der Waals surface area contributed by atoms with Gasteiger partial charge in [0.25, 0.3) is 0 Å². The molecule has 3 heteroatoms. The molecule has 121 valence electrons. The molecular weight excluding hydrogens is 286 g/mol. The molecule has 1 aliphatic rings. The Balaban J connectivity index is 2.58. The predicted molar refractivity (Wildman–Crippen MR) is 98.7 cm³/mol. The van der Waals surface area contributed by atoms with Crippen molar-refractivity contribution in [2.24, 2.45) is 5.41 Å². The number of para-hydroxylation sites is 1. The summed E-state index contributed by atoms with van der Waals surface area (Å²) in [6, 6.07) is 6.63. The van der Waals surface area contributed by atoms with Gasteiger partial charge in [0.2, 0.25) is 9.04 Å². The average molecular weight is 317 g/mol. The van der Waals surface area contributed by atoms with Crippen LogP contribution in [0.5, 0.6) is 0 Å². The Kier molecular flexibility index (Phi) is 5.18. The van der Waals surface area contributed by atoms with Gasteiger partial charge in [-0.1, -0.05) is 45.5 Å². The number of rotatable bonds is 4. The molecule has 0 spiro atoms. The van der Waals surface area contributed by atoms with E-state index in [0.717, 1.165) is 19.5 Å². The maximum atomic E-state index is 6.44. The second-order valence-corrected chi connectivity index (χ2v) is 9.50. The minimum Gasteiger partial charge on any atom is -0.410 e. The molecule has 1 aromatic rings. The van der Waals surface area contributed by atoms with Crippen molar-refractivity contribution in [2.45, 2.75) is 53.3 Å². The van der Waals surface area contributed by atoms with Gasteiger partial charge in [-0.25, -0.2) is 0 Å². The van der Waals surface area contributed by atoms with E-state index in [9.17, 15) is 0 Å². The van der Waals surface area contributed by atoms with Gasteiger partial charge in [-0.3, -0.25) is 0 Å². The van der Waals surface area contributed by atoms with Crippen molar-refractivity contribution < 1.29 is 4.43 Å². The summed E-state index contributed by atoms with van der Waals surface area (Å²) >= 11 is 0. The Hall–Kier alpha value is -1.06. The molecule has 0 bridgehead atoms. The van der Waals surface area contributed by atoms with E-state index in [4.69, 9.17) is 4.43 Å². The highest BCUT2D eigenvalue weighted by Gasteiger charge is 2.33. The molecule has 0 amide bonds. The lowest BCUT2D eigenvalue weighted by atomic mass is 9.81. The topological polar surface area (TPSA) is 12.5 Å². The molecule has 0 saturated carbocycles. The van der Waals surface area contributed by atoms with Gasteiger partial charge in [-0.15, -0.1) is 0 Å². The van der Waals surface area contributed by atoms with Gasteiger partial charge in [-0.2, -0.15) is 0 Å². The quantitative estimate of drug-likeness (QED) is 0.700. The van der Waals surface area contributed by atoms with Crippen LogP contribution in [0.25, 0.3) is 5.57 Å². The molecule has 0 aliphatic carbocycles. The summed E-state index contributed by atoms with van der Waals surface area (Å²) in [6.07, 6.45) is 1.19. The van der Waals surface area contributed by atoms with Crippen LogP contribution in [0.2, 0.25) is 13.1 Å². The highest BCUT2D eigenvalue weighted by atomic mass is 28.3. The Bertz CT molecular complexity index is 545. The summed E-state index contributed by atoms with van der Waals surface area (Å²) in [7, 11) is -0.767. The lowest BCUT2D eigenvalue weighted by molar-refractivity contribution is 0.0869. The fraction of sp³-hybridized carbons (Fsp3) is 0.579. The number of fused-ring (bicyclic) bond motifs is 1. The number of nitrogens with zero attached hydrogens (tertiary/aromatic N) is 1. The van der Waals surface area contributed by atoms with Crippen LogP contribution in [0.1, 0.15) is 51.3 Å². The summed E-state index contributed by atoms with van der Waals surface area (Å²) in [5.41, 5.74) is 5.33. The minimum absolute atomic E-state index is 0.0786. The highest BCUT2D eigenvalue weighted by Crippen LogP contribution is 2.45. The molecule has 0 N–H and O–H groups in total. The third-order valence-electron chi connectivity index (χ3n) is 4.25. The molecule has 22 heavy (non-hydrogen) atoms. The van der Waals surface area contributed by atoms with E-state index in [2.05, 4.69) is 70.5 Å². The fourth-order valence-corrected chi connectivity index (χ4v) is 4.14. The van der Waals surface area contributed by atoms with E-state index in [0.29, 0.717) is 0 Å². The lowest BCUT2D eigenvalue weighted by Crippen LogP contribution is -2.33. The van der Waals surface area contributed by atoms with Gasteiger partial charge in [0.1, 0.15) is 0 Å². The van der Waals surface area contributed by atoms with Crippen molar-refractivity contribution in [3.8, 4) is 0 Å². The van der Waals surface area contributed by atoms with Gasteiger partial charge in [0.05, 0.1) is 11.8 Å². The molecule has 1 radical (unpaired) electrons. The maximum Gasteiger partial charge on any atom is 0.205 e. The van der Waals surface area contributed by atoms with Gasteiger partial charge in [-0.05, 0) is 37.4 Å². The van der Waals surface area contributed by atoms with Gasteiger partial charge in [0.15, 0.2) is 0 Å². The first-order valence-electron chi connectivity index (χ1n) is 8.28. The zero-order valence-corrected chi connectivity index (χ0v) is 16.0. The van der Waals surface area contributed by atoms with Crippen molar-refractivity contribution in [1.29, 1.82) is 0 Å². The van der Waals surface area contributed by atoms with E-state index in [-0.39, 0.29) is 11.5 Å². The van der Waals surface area contributed by atoms with Crippen LogP contribution in [-0.4, -0.2) is 22.1 Å². The van der Waals surface area contributed by atoms with Crippen LogP contribution in [0.3, 0.4) is 0 Å². The minimum atomic E-state index is -0.767. The molecule has 1 unspecified atom stereocenters. The third-order valence-corrected chi connectivity index (χ3v) is 4.96. The van der Waals surface area contributed by atoms with Crippen molar-refractivity contribution in [1.82, 2.24) is 0 Å². The van der Waals surface area contributed by atoms with Crippen LogP contribution in [-0.2, 0) is 4.43 Å². The molecule has 1 atom stereocenters. The normalized spacial score (nSPS) is 16.9. The van der Waals surface area contributed by atoms with Crippen molar-refractivity contribution in [2.75, 3.05) is 18.0 Å². The van der Waals surface area contributed by atoms with Gasteiger partial charge in [0, 0.05) is 24.2 Å². The summed E-state index contributed by atoms with van der Waals surface area (Å²) in [6.45, 7) is 19.9. The Labute approximate surface area is 137 Å². The smallest absolute Gasteiger partial charge is 0.205 e. The summed E-state index contributed by atoms with van der Waals surface area (Å²) < 4.78 is 6.44. The Morgan fingerprint density at radius 2 is 2.00 bits per heavy atom. The molecule has 2 rings (SSSR count). The number of anilines is 1. The Morgan fingerprint density at radius 3 is 2.55 bits per heavy atom. The number of hydrogen-bond donors (Lipinski definition) is 0. The van der Waals surface area contributed by atoms with Crippen LogP contribution < -0.4 is 4.90 Å². The lowest BCUT2D eigenvalue weighted by Gasteiger charge is -2.39. The van der Waals surface area contributed by atoms with Crippen molar-refractivity contribution in [3.63, 3.8) is 0 Å². The molecule has 1 aromatic carbocycles. The first-order valence-corrected chi connectivity index (χ1v) is 10.7. The van der Waals surface area contributed by atoms with E-state index < -0.39 is 9.04 Å². The van der Waals surface area contributed by atoms with Gasteiger partial charge >= 0.3 is 0 Å². The van der Waals surface area contributed by atoms with Crippen molar-refractivity contribution in [3.05, 3.63) is 35.9 Å². The zero-order chi connectivity index (χ0) is 16.5. The molecule has 0 aromatic heterocycles. The molecule has 1 heterocycles. The third kappa shape index (κ3) is 3.46. The summed E-state index contributed by atoms with van der Waals surface area (Å²) in [5.74, 6) is 0. The number of benzene rings is 1. The van der Waals surface area contributed by atoms with Crippen molar-refractivity contribution >= 4 is 20.3 Å². The van der Waals surface area contributed by atoms with E-state index in [1.807, 2.05) is 0 Å². The standard InChI is InChI=1S/C19H30NOSi/c1-8-20-13-12-14(2)15-10-9-11-16(17(15)20)18(19(3,4)5)21-22(6)7/h9-11,18H,2,8,12-13H2,1,3-7H3.